The van der Waals surface area contributed by atoms with E-state index in [2.05, 4.69) is 5.32 Å². The van der Waals surface area contributed by atoms with Crippen LogP contribution in [0, 0.1) is 6.92 Å². The number of halogens is 1. The third-order valence-corrected chi connectivity index (χ3v) is 4.57. The molecule has 1 amide bonds. The van der Waals surface area contributed by atoms with Crippen LogP contribution in [0.3, 0.4) is 0 Å². The van der Waals surface area contributed by atoms with E-state index in [9.17, 15) is 14.7 Å². The normalized spacial score (nSPS) is 12.2. The number of nitrogens with one attached hydrogen (secondary N) is 1. The number of anilines is 1. The van der Waals surface area contributed by atoms with Crippen LogP contribution >= 0.6 is 11.6 Å². The Labute approximate surface area is 155 Å². The van der Waals surface area contributed by atoms with Crippen LogP contribution in [0.2, 0.25) is 5.02 Å². The molecule has 0 saturated heterocycles. The lowest BCUT2D eigenvalue weighted by molar-refractivity contribution is 0.102. The first-order valence-corrected chi connectivity index (χ1v) is 8.62. The number of benzene rings is 2. The zero-order valence-corrected chi connectivity index (χ0v) is 15.2. The lowest BCUT2D eigenvalue weighted by Crippen LogP contribution is -2.25. The van der Waals surface area contributed by atoms with Crippen LogP contribution in [0.4, 0.5) is 5.69 Å². The van der Waals surface area contributed by atoms with Crippen LogP contribution in [0.15, 0.2) is 53.5 Å². The number of aliphatic hydroxyl groups is 1. The summed E-state index contributed by atoms with van der Waals surface area (Å²) in [6.07, 6.45) is 1.00. The van der Waals surface area contributed by atoms with Crippen LogP contribution in [-0.2, 0) is 6.54 Å². The van der Waals surface area contributed by atoms with E-state index in [1.807, 2.05) is 6.92 Å². The molecule has 3 rings (SSSR count). The molecular weight excluding hydrogens is 352 g/mol. The van der Waals surface area contributed by atoms with E-state index >= 15 is 0 Å². The average molecular weight is 371 g/mol. The molecule has 0 aliphatic carbocycles. The van der Waals surface area contributed by atoms with Crippen LogP contribution in [0.1, 0.15) is 22.8 Å². The highest BCUT2D eigenvalue weighted by molar-refractivity contribution is 6.31. The third kappa shape index (κ3) is 3.64. The summed E-state index contributed by atoms with van der Waals surface area (Å²) in [6, 6.07) is 12.0. The predicted octanol–water partition coefficient (Wildman–Crippen LogP) is 3.60. The number of aryl methyl sites for hydroxylation is 1. The highest BCUT2D eigenvalue weighted by Gasteiger charge is 2.12. The van der Waals surface area contributed by atoms with Gasteiger partial charge in [0.05, 0.1) is 12.6 Å². The van der Waals surface area contributed by atoms with Gasteiger partial charge in [0.15, 0.2) is 0 Å². The van der Waals surface area contributed by atoms with Gasteiger partial charge in [0.2, 0.25) is 0 Å². The standard InChI is InChI=1S/C20H19ClN2O3/c1-12-10-14(6-7-17(12)21)19(25)22-18-5-3-4-16-15(18)8-9-23(20(16)26)11-13(2)24/h3-10,13,24H,11H2,1-2H3,(H,22,25). The van der Waals surface area contributed by atoms with Gasteiger partial charge in [-0.15, -0.1) is 0 Å². The second-order valence-corrected chi connectivity index (χ2v) is 6.71. The smallest absolute Gasteiger partial charge is 0.258 e. The monoisotopic (exact) mass is 370 g/mol. The fraction of sp³-hybridized carbons (Fsp3) is 0.200. The van der Waals surface area contributed by atoms with Crippen molar-refractivity contribution in [1.29, 1.82) is 0 Å². The Morgan fingerprint density at radius 3 is 2.69 bits per heavy atom. The van der Waals surface area contributed by atoms with Crippen LogP contribution in [0.25, 0.3) is 10.8 Å². The molecule has 0 bridgehead atoms. The van der Waals surface area contributed by atoms with E-state index in [-0.39, 0.29) is 18.0 Å². The number of aromatic nitrogens is 1. The summed E-state index contributed by atoms with van der Waals surface area (Å²) in [7, 11) is 0. The number of carbonyl (C=O) groups is 1. The molecule has 26 heavy (non-hydrogen) atoms. The first-order valence-electron chi connectivity index (χ1n) is 8.24. The lowest BCUT2D eigenvalue weighted by Gasteiger charge is -2.12. The number of fused-ring (bicyclic) bond motifs is 1. The highest BCUT2D eigenvalue weighted by atomic mass is 35.5. The fourth-order valence-electron chi connectivity index (χ4n) is 2.84. The molecular formula is C20H19ClN2O3. The minimum absolute atomic E-state index is 0.207. The first kappa shape index (κ1) is 18.2. The quantitative estimate of drug-likeness (QED) is 0.737. The van der Waals surface area contributed by atoms with Crippen molar-refractivity contribution in [2.24, 2.45) is 0 Å². The number of carbonyl (C=O) groups excluding carboxylic acids is 1. The Morgan fingerprint density at radius 1 is 1.23 bits per heavy atom. The van der Waals surface area contributed by atoms with Crippen molar-refractivity contribution in [2.75, 3.05) is 5.32 Å². The Morgan fingerprint density at radius 2 is 2.00 bits per heavy atom. The van der Waals surface area contributed by atoms with E-state index in [0.29, 0.717) is 27.0 Å². The predicted molar refractivity (Wildman–Crippen MR) is 104 cm³/mol. The molecule has 134 valence electrons. The average Bonchev–Trinajstić information content (AvgIpc) is 2.60. The molecule has 0 radical (unpaired) electrons. The SMILES string of the molecule is Cc1cc(C(=O)Nc2cccc3c(=O)n(CC(C)O)ccc23)ccc1Cl. The molecule has 1 atom stereocenters. The molecule has 2 N–H and O–H groups in total. The molecule has 5 nitrogen and oxygen atoms in total. The zero-order chi connectivity index (χ0) is 18.8. The van der Waals surface area contributed by atoms with Crippen molar-refractivity contribution >= 4 is 34.0 Å². The Balaban J connectivity index is 1.97. The van der Waals surface area contributed by atoms with Gasteiger partial charge in [-0.1, -0.05) is 17.7 Å². The number of aliphatic hydroxyl groups excluding tert-OH is 1. The summed E-state index contributed by atoms with van der Waals surface area (Å²) in [5.74, 6) is -0.273. The van der Waals surface area contributed by atoms with Crippen LogP contribution in [-0.4, -0.2) is 21.7 Å². The van der Waals surface area contributed by atoms with Gasteiger partial charge < -0.3 is 15.0 Å². The van der Waals surface area contributed by atoms with E-state index in [0.717, 1.165) is 5.56 Å². The molecule has 0 fully saturated rings. The van der Waals surface area contributed by atoms with Crippen molar-refractivity contribution in [3.8, 4) is 0 Å². The van der Waals surface area contributed by atoms with Crippen LogP contribution in [0.5, 0.6) is 0 Å². The van der Waals surface area contributed by atoms with Crippen LogP contribution < -0.4 is 10.9 Å². The molecule has 0 spiro atoms. The summed E-state index contributed by atoms with van der Waals surface area (Å²) in [6.45, 7) is 3.68. The summed E-state index contributed by atoms with van der Waals surface area (Å²) in [5.41, 5.74) is 1.66. The topological polar surface area (TPSA) is 71.3 Å². The number of nitrogens with zero attached hydrogens (tertiary/aromatic N) is 1. The number of rotatable bonds is 4. The summed E-state index contributed by atoms with van der Waals surface area (Å²) >= 11 is 6.01. The van der Waals surface area contributed by atoms with E-state index in [1.165, 1.54) is 4.57 Å². The van der Waals surface area contributed by atoms with Gasteiger partial charge in [0, 0.05) is 33.2 Å². The number of pyridine rings is 1. The second-order valence-electron chi connectivity index (χ2n) is 6.31. The maximum absolute atomic E-state index is 12.6. The molecule has 0 saturated carbocycles. The molecule has 1 heterocycles. The molecule has 1 unspecified atom stereocenters. The molecule has 3 aromatic rings. The Hall–Kier alpha value is -2.63. The fourth-order valence-corrected chi connectivity index (χ4v) is 2.95. The first-order chi connectivity index (χ1) is 12.4. The van der Waals surface area contributed by atoms with Gasteiger partial charge in [-0.3, -0.25) is 9.59 Å². The number of hydrogen-bond donors (Lipinski definition) is 2. The molecule has 2 aromatic carbocycles. The van der Waals surface area contributed by atoms with E-state index in [4.69, 9.17) is 11.6 Å². The molecule has 0 aliphatic heterocycles. The molecule has 6 heteroatoms. The minimum atomic E-state index is -0.624. The highest BCUT2D eigenvalue weighted by Crippen LogP contribution is 2.22. The summed E-state index contributed by atoms with van der Waals surface area (Å²) < 4.78 is 1.46. The van der Waals surface area contributed by atoms with Gasteiger partial charge in [-0.25, -0.2) is 0 Å². The van der Waals surface area contributed by atoms with Crippen molar-refractivity contribution < 1.29 is 9.90 Å². The number of amides is 1. The third-order valence-electron chi connectivity index (χ3n) is 4.15. The lowest BCUT2D eigenvalue weighted by atomic mass is 10.1. The number of hydrogen-bond acceptors (Lipinski definition) is 3. The van der Waals surface area contributed by atoms with Gasteiger partial charge in [-0.05, 0) is 55.8 Å². The largest absolute Gasteiger partial charge is 0.392 e. The second kappa shape index (κ2) is 7.32. The van der Waals surface area contributed by atoms with Crippen molar-refractivity contribution in [3.05, 3.63) is 75.2 Å². The maximum atomic E-state index is 12.6. The van der Waals surface area contributed by atoms with Gasteiger partial charge in [0.25, 0.3) is 11.5 Å². The van der Waals surface area contributed by atoms with Crippen molar-refractivity contribution in [2.45, 2.75) is 26.5 Å². The zero-order valence-electron chi connectivity index (χ0n) is 14.5. The van der Waals surface area contributed by atoms with Crippen molar-refractivity contribution in [3.63, 3.8) is 0 Å². The Bertz CT molecular complexity index is 1040. The Kier molecular flexibility index (Phi) is 5.11. The molecule has 0 aliphatic rings. The van der Waals surface area contributed by atoms with Crippen molar-refractivity contribution in [1.82, 2.24) is 4.57 Å². The van der Waals surface area contributed by atoms with E-state index < -0.39 is 6.10 Å². The minimum Gasteiger partial charge on any atom is -0.392 e. The summed E-state index contributed by atoms with van der Waals surface area (Å²) in [5, 5.41) is 14.1. The maximum Gasteiger partial charge on any atom is 0.258 e. The van der Waals surface area contributed by atoms with Gasteiger partial charge in [0.1, 0.15) is 0 Å². The summed E-state index contributed by atoms with van der Waals surface area (Å²) in [4.78, 5) is 25.1. The van der Waals surface area contributed by atoms with E-state index in [1.54, 1.807) is 55.6 Å². The van der Waals surface area contributed by atoms with Gasteiger partial charge in [-0.2, -0.15) is 0 Å². The van der Waals surface area contributed by atoms with Gasteiger partial charge >= 0.3 is 0 Å². The molecule has 1 aromatic heterocycles.